The highest BCUT2D eigenvalue weighted by molar-refractivity contribution is 7.07. The number of nitro groups is 1. The Kier molecular flexibility index (Phi) is 6.57. The van der Waals surface area contributed by atoms with Crippen molar-refractivity contribution in [2.45, 2.75) is 6.42 Å². The SMILES string of the molecule is COc1ccccc1-c1csc(=NCCc2ccccc2)n1N=Cc1ccc([N+](=O)[O-])o1. The van der Waals surface area contributed by atoms with Gasteiger partial charge in [-0.25, -0.2) is 4.68 Å². The van der Waals surface area contributed by atoms with E-state index in [0.717, 1.165) is 17.7 Å². The van der Waals surface area contributed by atoms with E-state index in [2.05, 4.69) is 17.2 Å². The van der Waals surface area contributed by atoms with Gasteiger partial charge in [0.05, 0.1) is 25.1 Å². The average molecular weight is 449 g/mol. The van der Waals surface area contributed by atoms with Gasteiger partial charge in [0.15, 0.2) is 5.76 Å². The lowest BCUT2D eigenvalue weighted by Gasteiger charge is -2.08. The molecule has 0 aliphatic heterocycles. The molecule has 2 heterocycles. The second kappa shape index (κ2) is 9.88. The minimum absolute atomic E-state index is 0.275. The Hall–Kier alpha value is -3.98. The van der Waals surface area contributed by atoms with Crippen LogP contribution in [0.3, 0.4) is 0 Å². The number of nitrogens with zero attached hydrogens (tertiary/aromatic N) is 4. The van der Waals surface area contributed by atoms with Crippen molar-refractivity contribution >= 4 is 23.4 Å². The van der Waals surface area contributed by atoms with Crippen LogP contribution in [0.2, 0.25) is 0 Å². The van der Waals surface area contributed by atoms with E-state index in [9.17, 15) is 10.1 Å². The highest BCUT2D eigenvalue weighted by Gasteiger charge is 2.13. The number of benzene rings is 2. The topological polar surface area (TPSA) is 95.2 Å². The molecule has 0 radical (unpaired) electrons. The Morgan fingerprint density at radius 3 is 2.66 bits per heavy atom. The van der Waals surface area contributed by atoms with Gasteiger partial charge in [0.2, 0.25) is 4.80 Å². The lowest BCUT2D eigenvalue weighted by molar-refractivity contribution is -0.402. The Labute approximate surface area is 187 Å². The molecular formula is C23H20N4O4S. The molecule has 4 aromatic rings. The van der Waals surface area contributed by atoms with Gasteiger partial charge in [-0.05, 0) is 30.2 Å². The molecule has 32 heavy (non-hydrogen) atoms. The molecule has 2 aromatic heterocycles. The highest BCUT2D eigenvalue weighted by atomic mass is 32.1. The van der Waals surface area contributed by atoms with Gasteiger partial charge in [0.1, 0.15) is 10.7 Å². The standard InChI is InChI=1S/C23H20N4O4S/c1-30-21-10-6-5-9-19(21)20-16-32-23(24-14-13-17-7-3-2-4-8-17)26(20)25-15-18-11-12-22(31-18)27(28)29/h2-12,15-16H,13-14H2,1H3. The van der Waals surface area contributed by atoms with E-state index in [-0.39, 0.29) is 11.6 Å². The van der Waals surface area contributed by atoms with Crippen molar-refractivity contribution in [3.8, 4) is 17.0 Å². The first-order valence-electron chi connectivity index (χ1n) is 9.82. The van der Waals surface area contributed by atoms with E-state index in [1.165, 1.54) is 35.2 Å². The van der Waals surface area contributed by atoms with E-state index in [4.69, 9.17) is 14.1 Å². The number of methoxy groups -OCH3 is 1. The predicted molar refractivity (Wildman–Crippen MR) is 123 cm³/mol. The molecule has 2 aromatic carbocycles. The van der Waals surface area contributed by atoms with Crippen LogP contribution in [0, 0.1) is 10.1 Å². The van der Waals surface area contributed by atoms with Gasteiger partial charge in [-0.3, -0.25) is 15.1 Å². The maximum atomic E-state index is 10.9. The maximum absolute atomic E-state index is 10.9. The summed E-state index contributed by atoms with van der Waals surface area (Å²) in [6, 6.07) is 20.6. The second-order valence-electron chi connectivity index (χ2n) is 6.71. The number of furan rings is 1. The molecular weight excluding hydrogens is 428 g/mol. The van der Waals surface area contributed by atoms with Crippen LogP contribution in [-0.4, -0.2) is 29.5 Å². The second-order valence-corrected chi connectivity index (χ2v) is 7.55. The van der Waals surface area contributed by atoms with Gasteiger partial charge in [-0.1, -0.05) is 42.5 Å². The van der Waals surface area contributed by atoms with Crippen LogP contribution in [-0.2, 0) is 6.42 Å². The predicted octanol–water partition coefficient (Wildman–Crippen LogP) is 4.75. The third-order valence-electron chi connectivity index (χ3n) is 4.65. The summed E-state index contributed by atoms with van der Waals surface area (Å²) in [5.41, 5.74) is 2.86. The quantitative estimate of drug-likeness (QED) is 0.221. The summed E-state index contributed by atoms with van der Waals surface area (Å²) in [5.74, 6) is 0.648. The van der Waals surface area contributed by atoms with E-state index in [1.54, 1.807) is 11.8 Å². The minimum Gasteiger partial charge on any atom is -0.496 e. The van der Waals surface area contributed by atoms with E-state index < -0.39 is 4.92 Å². The Morgan fingerprint density at radius 1 is 1.12 bits per heavy atom. The number of rotatable bonds is 8. The molecule has 0 fully saturated rings. The van der Waals surface area contributed by atoms with Crippen LogP contribution in [0.4, 0.5) is 5.88 Å². The fourth-order valence-electron chi connectivity index (χ4n) is 3.11. The zero-order valence-corrected chi connectivity index (χ0v) is 18.1. The largest absolute Gasteiger partial charge is 0.496 e. The summed E-state index contributed by atoms with van der Waals surface area (Å²) >= 11 is 1.46. The van der Waals surface area contributed by atoms with Crippen molar-refractivity contribution in [2.75, 3.05) is 13.7 Å². The number of hydrogen-bond acceptors (Lipinski definition) is 7. The van der Waals surface area contributed by atoms with Gasteiger partial charge in [-0.2, -0.15) is 5.10 Å². The Morgan fingerprint density at radius 2 is 1.91 bits per heavy atom. The number of ether oxygens (including phenoxy) is 1. The van der Waals surface area contributed by atoms with Gasteiger partial charge >= 0.3 is 5.88 Å². The smallest absolute Gasteiger partial charge is 0.433 e. The van der Waals surface area contributed by atoms with Crippen LogP contribution in [0.1, 0.15) is 11.3 Å². The monoisotopic (exact) mass is 448 g/mol. The molecule has 0 unspecified atom stereocenters. The first kappa shape index (κ1) is 21.3. The fourth-order valence-corrected chi connectivity index (χ4v) is 3.97. The van der Waals surface area contributed by atoms with Crippen LogP contribution in [0.15, 0.2) is 86.6 Å². The third kappa shape index (κ3) is 4.84. The molecule has 0 bridgehead atoms. The fraction of sp³-hybridized carbons (Fsp3) is 0.130. The van der Waals surface area contributed by atoms with Crippen LogP contribution >= 0.6 is 11.3 Å². The molecule has 162 valence electrons. The van der Waals surface area contributed by atoms with Gasteiger partial charge in [0.25, 0.3) is 0 Å². The molecule has 0 amide bonds. The maximum Gasteiger partial charge on any atom is 0.433 e. The molecule has 8 nitrogen and oxygen atoms in total. The number of aromatic nitrogens is 1. The van der Waals surface area contributed by atoms with E-state index in [1.807, 2.05) is 47.8 Å². The molecule has 0 saturated heterocycles. The molecule has 4 rings (SSSR count). The van der Waals surface area contributed by atoms with Crippen molar-refractivity contribution in [3.05, 3.63) is 98.3 Å². The molecule has 0 aliphatic rings. The van der Waals surface area contributed by atoms with Crippen molar-refractivity contribution in [1.82, 2.24) is 4.68 Å². The first-order chi connectivity index (χ1) is 15.7. The zero-order valence-electron chi connectivity index (χ0n) is 17.2. The molecule has 0 spiro atoms. The summed E-state index contributed by atoms with van der Waals surface area (Å²) in [5, 5.41) is 17.4. The summed E-state index contributed by atoms with van der Waals surface area (Å²) in [6.07, 6.45) is 2.24. The Balaban J connectivity index is 1.71. The number of hydrogen-bond donors (Lipinski definition) is 0. The summed E-state index contributed by atoms with van der Waals surface area (Å²) in [6.45, 7) is 0.595. The third-order valence-corrected chi connectivity index (χ3v) is 5.51. The van der Waals surface area contributed by atoms with E-state index in [0.29, 0.717) is 17.1 Å². The molecule has 0 atom stereocenters. The molecule has 0 N–H and O–H groups in total. The molecule has 0 aliphatic carbocycles. The number of thiazole rings is 1. The van der Waals surface area contributed by atoms with Gasteiger partial charge in [-0.15, -0.1) is 11.3 Å². The average Bonchev–Trinajstić information content (AvgIpc) is 3.45. The van der Waals surface area contributed by atoms with Gasteiger partial charge < -0.3 is 9.15 Å². The lowest BCUT2D eigenvalue weighted by atomic mass is 10.1. The van der Waals surface area contributed by atoms with Crippen molar-refractivity contribution in [2.24, 2.45) is 10.1 Å². The number of para-hydroxylation sites is 1. The van der Waals surface area contributed by atoms with Crippen molar-refractivity contribution in [3.63, 3.8) is 0 Å². The van der Waals surface area contributed by atoms with Gasteiger partial charge in [0, 0.05) is 17.5 Å². The van der Waals surface area contributed by atoms with E-state index >= 15 is 0 Å². The molecule has 9 heteroatoms. The normalized spacial score (nSPS) is 11.8. The first-order valence-corrected chi connectivity index (χ1v) is 10.7. The lowest BCUT2D eigenvalue weighted by Crippen LogP contribution is -2.13. The highest BCUT2D eigenvalue weighted by Crippen LogP contribution is 2.30. The zero-order chi connectivity index (χ0) is 22.3. The Bertz CT molecular complexity index is 1300. The molecule has 0 saturated carbocycles. The van der Waals surface area contributed by atoms with Crippen LogP contribution < -0.4 is 9.54 Å². The van der Waals surface area contributed by atoms with Crippen LogP contribution in [0.25, 0.3) is 11.3 Å². The van der Waals surface area contributed by atoms with Crippen molar-refractivity contribution < 1.29 is 14.1 Å². The van der Waals surface area contributed by atoms with Crippen LogP contribution in [0.5, 0.6) is 5.75 Å². The summed E-state index contributed by atoms with van der Waals surface area (Å²) < 4.78 is 12.4. The minimum atomic E-state index is -0.584. The summed E-state index contributed by atoms with van der Waals surface area (Å²) in [7, 11) is 1.62. The van der Waals surface area contributed by atoms with Crippen molar-refractivity contribution in [1.29, 1.82) is 0 Å². The summed E-state index contributed by atoms with van der Waals surface area (Å²) in [4.78, 5) is 15.7.